The first-order valence-electron chi connectivity index (χ1n) is 7.42. The van der Waals surface area contributed by atoms with E-state index < -0.39 is 12.1 Å². The molecule has 1 saturated heterocycles. The van der Waals surface area contributed by atoms with Gasteiger partial charge in [0.1, 0.15) is 6.04 Å². The Morgan fingerprint density at radius 3 is 2.59 bits per heavy atom. The van der Waals surface area contributed by atoms with E-state index in [0.29, 0.717) is 30.1 Å². The zero-order valence-electron chi connectivity index (χ0n) is 12.8. The fourth-order valence-electron chi connectivity index (χ4n) is 2.52. The molecule has 1 heterocycles. The van der Waals surface area contributed by atoms with Crippen LogP contribution in [0.1, 0.15) is 30.6 Å². The molecule has 2 amide bonds. The molecule has 1 aromatic rings. The van der Waals surface area contributed by atoms with Gasteiger partial charge in [0.25, 0.3) is 5.91 Å². The summed E-state index contributed by atoms with van der Waals surface area (Å²) in [7, 11) is 0. The number of carbonyl (C=O) groups excluding carboxylic acids is 2. The molecule has 2 atom stereocenters. The topological polar surface area (TPSA) is 69.6 Å². The number of aliphatic hydroxyl groups excluding tert-OH is 1. The second-order valence-corrected chi connectivity index (χ2v) is 6.31. The fourth-order valence-corrected chi connectivity index (χ4v) is 2.74. The van der Waals surface area contributed by atoms with Crippen LogP contribution in [-0.4, -0.2) is 47.1 Å². The molecule has 1 fully saturated rings. The molecule has 1 aromatic carbocycles. The quantitative estimate of drug-likeness (QED) is 0.885. The van der Waals surface area contributed by atoms with Crippen molar-refractivity contribution >= 4 is 23.4 Å². The van der Waals surface area contributed by atoms with Gasteiger partial charge >= 0.3 is 0 Å². The number of carbonyl (C=O) groups is 2. The summed E-state index contributed by atoms with van der Waals surface area (Å²) in [6, 6.07) is 6.10. The van der Waals surface area contributed by atoms with Crippen LogP contribution in [0.4, 0.5) is 0 Å². The van der Waals surface area contributed by atoms with Gasteiger partial charge in [-0.1, -0.05) is 37.6 Å². The lowest BCUT2D eigenvalue weighted by atomic mass is 10.0. The molecule has 22 heavy (non-hydrogen) atoms. The van der Waals surface area contributed by atoms with Crippen LogP contribution in [0.2, 0.25) is 5.02 Å². The smallest absolute Gasteiger partial charge is 0.253 e. The van der Waals surface area contributed by atoms with Crippen molar-refractivity contribution in [2.24, 2.45) is 5.92 Å². The van der Waals surface area contributed by atoms with E-state index in [1.54, 1.807) is 29.2 Å². The molecule has 1 unspecified atom stereocenters. The van der Waals surface area contributed by atoms with Crippen molar-refractivity contribution in [2.45, 2.75) is 32.4 Å². The zero-order valence-corrected chi connectivity index (χ0v) is 13.5. The molecule has 1 aliphatic heterocycles. The van der Waals surface area contributed by atoms with E-state index in [1.807, 2.05) is 13.8 Å². The summed E-state index contributed by atoms with van der Waals surface area (Å²) in [6.07, 6.45) is 0.102. The van der Waals surface area contributed by atoms with E-state index >= 15 is 0 Å². The molecule has 6 heteroatoms. The van der Waals surface area contributed by atoms with Gasteiger partial charge in [-0.15, -0.1) is 0 Å². The van der Waals surface area contributed by atoms with Gasteiger partial charge in [-0.2, -0.15) is 0 Å². The number of nitrogens with zero attached hydrogens (tertiary/aromatic N) is 1. The predicted octanol–water partition coefficient (Wildman–Crippen LogP) is 1.69. The fraction of sp³-hybridized carbons (Fsp3) is 0.500. The average molecular weight is 325 g/mol. The largest absolute Gasteiger partial charge is 0.391 e. The normalized spacial score (nSPS) is 19.3. The highest BCUT2D eigenvalue weighted by Crippen LogP contribution is 2.17. The molecule has 1 aliphatic rings. The number of benzene rings is 1. The monoisotopic (exact) mass is 324 g/mol. The third-order valence-corrected chi connectivity index (χ3v) is 4.14. The van der Waals surface area contributed by atoms with Crippen molar-refractivity contribution in [3.05, 3.63) is 34.9 Å². The molecule has 2 N–H and O–H groups in total. The second kappa shape index (κ2) is 7.11. The molecule has 120 valence electrons. The number of β-amino-alcohol motifs (C(OH)–C–C–N with tert-alkyl or cyclic N) is 1. The first-order valence-corrected chi connectivity index (χ1v) is 7.80. The van der Waals surface area contributed by atoms with Gasteiger partial charge in [0.2, 0.25) is 5.91 Å². The van der Waals surface area contributed by atoms with E-state index in [1.165, 1.54) is 0 Å². The third kappa shape index (κ3) is 3.78. The minimum Gasteiger partial charge on any atom is -0.391 e. The predicted molar refractivity (Wildman–Crippen MR) is 84.7 cm³/mol. The highest BCUT2D eigenvalue weighted by atomic mass is 35.5. The van der Waals surface area contributed by atoms with Crippen molar-refractivity contribution in [1.82, 2.24) is 10.2 Å². The van der Waals surface area contributed by atoms with E-state index in [4.69, 9.17) is 11.6 Å². The van der Waals surface area contributed by atoms with Crippen LogP contribution in [0.15, 0.2) is 24.3 Å². The summed E-state index contributed by atoms with van der Waals surface area (Å²) in [5.74, 6) is -0.582. The van der Waals surface area contributed by atoms with Crippen LogP contribution in [-0.2, 0) is 4.79 Å². The van der Waals surface area contributed by atoms with Crippen molar-refractivity contribution in [1.29, 1.82) is 0 Å². The lowest BCUT2D eigenvalue weighted by Crippen LogP contribution is -2.50. The summed E-state index contributed by atoms with van der Waals surface area (Å²) in [4.78, 5) is 26.5. The Bertz CT molecular complexity index is 562. The Kier molecular flexibility index (Phi) is 5.42. The molecule has 0 spiro atoms. The molecule has 2 rings (SSSR count). The standard InChI is InChI=1S/C16H21ClN2O3/c1-10(2)14(16(22)19-8-7-11(20)9-19)18-15(21)12-5-3-4-6-13(12)17/h3-6,10-11,14,20H,7-9H2,1-2H3,(H,18,21)/t11-,14?/m1/s1. The summed E-state index contributed by atoms with van der Waals surface area (Å²) in [5.41, 5.74) is 0.351. The lowest BCUT2D eigenvalue weighted by Gasteiger charge is -2.26. The van der Waals surface area contributed by atoms with Crippen molar-refractivity contribution in [3.63, 3.8) is 0 Å². The first-order chi connectivity index (χ1) is 10.4. The summed E-state index contributed by atoms with van der Waals surface area (Å²) in [5, 5.41) is 12.7. The molecular weight excluding hydrogens is 304 g/mol. The van der Waals surface area contributed by atoms with Gasteiger partial charge in [-0.3, -0.25) is 9.59 Å². The summed E-state index contributed by atoms with van der Waals surface area (Å²) in [6.45, 7) is 4.60. The minimum atomic E-state index is -0.630. The van der Waals surface area contributed by atoms with Crippen LogP contribution in [0, 0.1) is 5.92 Å². The summed E-state index contributed by atoms with van der Waals surface area (Å²) < 4.78 is 0. The van der Waals surface area contributed by atoms with Gasteiger partial charge < -0.3 is 15.3 Å². The molecule has 0 radical (unpaired) electrons. The van der Waals surface area contributed by atoms with Crippen LogP contribution in [0.3, 0.4) is 0 Å². The maximum atomic E-state index is 12.6. The van der Waals surface area contributed by atoms with Gasteiger partial charge in [0.05, 0.1) is 16.7 Å². The Hall–Kier alpha value is -1.59. The molecular formula is C16H21ClN2O3. The number of amides is 2. The summed E-state index contributed by atoms with van der Waals surface area (Å²) >= 11 is 6.02. The van der Waals surface area contributed by atoms with Gasteiger partial charge in [0, 0.05) is 13.1 Å². The molecule has 0 bridgehead atoms. The number of halogens is 1. The number of aliphatic hydroxyl groups is 1. The number of hydrogen-bond donors (Lipinski definition) is 2. The van der Waals surface area contributed by atoms with Crippen molar-refractivity contribution in [2.75, 3.05) is 13.1 Å². The van der Waals surface area contributed by atoms with E-state index in [-0.39, 0.29) is 17.7 Å². The van der Waals surface area contributed by atoms with E-state index in [2.05, 4.69) is 5.32 Å². The maximum absolute atomic E-state index is 12.6. The van der Waals surface area contributed by atoms with Crippen molar-refractivity contribution in [3.8, 4) is 0 Å². The van der Waals surface area contributed by atoms with Crippen LogP contribution in [0.5, 0.6) is 0 Å². The number of hydrogen-bond acceptors (Lipinski definition) is 3. The van der Waals surface area contributed by atoms with E-state index in [9.17, 15) is 14.7 Å². The van der Waals surface area contributed by atoms with Crippen LogP contribution in [0.25, 0.3) is 0 Å². The molecule has 0 aromatic heterocycles. The van der Waals surface area contributed by atoms with Crippen LogP contribution >= 0.6 is 11.6 Å². The van der Waals surface area contributed by atoms with Gasteiger partial charge in [0.15, 0.2) is 0 Å². The highest BCUT2D eigenvalue weighted by Gasteiger charge is 2.33. The zero-order chi connectivity index (χ0) is 16.3. The van der Waals surface area contributed by atoms with E-state index in [0.717, 1.165) is 0 Å². The Balaban J connectivity index is 2.10. The minimum absolute atomic E-state index is 0.0586. The van der Waals surface area contributed by atoms with Gasteiger partial charge in [-0.05, 0) is 24.5 Å². The maximum Gasteiger partial charge on any atom is 0.253 e. The third-order valence-electron chi connectivity index (χ3n) is 3.81. The molecule has 0 saturated carbocycles. The molecule has 5 nitrogen and oxygen atoms in total. The lowest BCUT2D eigenvalue weighted by molar-refractivity contribution is -0.133. The SMILES string of the molecule is CC(C)C(NC(=O)c1ccccc1Cl)C(=O)N1CC[C@@H](O)C1. The highest BCUT2D eigenvalue weighted by molar-refractivity contribution is 6.33. The number of likely N-dealkylation sites (tertiary alicyclic amines) is 1. The Labute approximate surface area is 135 Å². The second-order valence-electron chi connectivity index (χ2n) is 5.90. The Morgan fingerprint density at radius 2 is 2.05 bits per heavy atom. The van der Waals surface area contributed by atoms with Crippen LogP contribution < -0.4 is 5.32 Å². The first kappa shape index (κ1) is 16.8. The molecule has 0 aliphatic carbocycles. The average Bonchev–Trinajstić information content (AvgIpc) is 2.90. The van der Waals surface area contributed by atoms with Crippen molar-refractivity contribution < 1.29 is 14.7 Å². The number of rotatable bonds is 4. The van der Waals surface area contributed by atoms with Gasteiger partial charge in [-0.25, -0.2) is 0 Å². The number of nitrogens with one attached hydrogen (secondary N) is 1. The Morgan fingerprint density at radius 1 is 1.36 bits per heavy atom.